The quantitative estimate of drug-likeness (QED) is 0.356. The van der Waals surface area contributed by atoms with E-state index in [0.717, 1.165) is 11.8 Å². The van der Waals surface area contributed by atoms with Gasteiger partial charge in [-0.1, -0.05) is 23.9 Å². The van der Waals surface area contributed by atoms with Crippen molar-refractivity contribution in [3.63, 3.8) is 0 Å². The number of aromatic nitrogens is 1. The van der Waals surface area contributed by atoms with Gasteiger partial charge in [-0.25, -0.2) is 9.59 Å². The molecule has 2 aromatic rings. The molecule has 2 aromatic heterocycles. The fourth-order valence-corrected chi connectivity index (χ4v) is 3.50. The summed E-state index contributed by atoms with van der Waals surface area (Å²) in [6.07, 6.45) is 3.41. The number of fused-ring (bicyclic) bond motifs is 1. The van der Waals surface area contributed by atoms with Crippen LogP contribution in [-0.2, 0) is 19.0 Å². The first kappa shape index (κ1) is 21.6. The predicted octanol–water partition coefficient (Wildman–Crippen LogP) is 3.85. The van der Waals surface area contributed by atoms with Gasteiger partial charge in [0.05, 0.1) is 42.2 Å². The Bertz CT molecular complexity index is 831. The van der Waals surface area contributed by atoms with Crippen LogP contribution in [0.25, 0.3) is 5.52 Å². The first-order chi connectivity index (χ1) is 13.5. The van der Waals surface area contributed by atoms with Crippen molar-refractivity contribution in [2.45, 2.75) is 32.1 Å². The lowest BCUT2D eigenvalue weighted by Crippen LogP contribution is -2.09. The number of esters is 3. The summed E-state index contributed by atoms with van der Waals surface area (Å²) in [4.78, 5) is 37.1. The third-order valence-corrected chi connectivity index (χ3v) is 4.58. The Morgan fingerprint density at radius 3 is 2.36 bits per heavy atom. The molecular formula is C20H23NO6S. The number of thioether (sulfide) groups is 1. The largest absolute Gasteiger partial charge is 0.466 e. The zero-order valence-corrected chi connectivity index (χ0v) is 16.9. The van der Waals surface area contributed by atoms with Gasteiger partial charge in [-0.3, -0.25) is 4.79 Å². The van der Waals surface area contributed by atoms with Crippen LogP contribution in [0.5, 0.6) is 0 Å². The van der Waals surface area contributed by atoms with Crippen LogP contribution in [0.1, 0.15) is 48.0 Å². The standard InChI is InChI=1S/C20H23NO6S/c1-4-25-15(22)11-9-13-28-18-16(19(23)26-5-2)14-10-7-8-12-21(14)17(18)20(24)27-6-3/h7-10,12-13H,4-6,11H2,1-3H3/b13-9+. The van der Waals surface area contributed by atoms with Crippen LogP contribution < -0.4 is 0 Å². The van der Waals surface area contributed by atoms with E-state index in [1.807, 2.05) is 0 Å². The zero-order valence-electron chi connectivity index (χ0n) is 16.1. The van der Waals surface area contributed by atoms with Gasteiger partial charge in [-0.2, -0.15) is 0 Å². The second kappa shape index (κ2) is 10.6. The highest BCUT2D eigenvalue weighted by molar-refractivity contribution is 8.02. The van der Waals surface area contributed by atoms with Crippen LogP contribution in [0.4, 0.5) is 0 Å². The van der Waals surface area contributed by atoms with Crippen molar-refractivity contribution >= 4 is 35.2 Å². The fourth-order valence-electron chi connectivity index (χ4n) is 2.57. The molecule has 8 heteroatoms. The minimum Gasteiger partial charge on any atom is -0.466 e. The van der Waals surface area contributed by atoms with E-state index in [1.165, 1.54) is 0 Å². The summed E-state index contributed by atoms with van der Waals surface area (Å²) in [6.45, 7) is 5.89. The molecule has 0 aliphatic carbocycles. The molecular weight excluding hydrogens is 382 g/mol. The van der Waals surface area contributed by atoms with Gasteiger partial charge < -0.3 is 18.6 Å². The van der Waals surface area contributed by atoms with Gasteiger partial charge in [0.2, 0.25) is 0 Å². The van der Waals surface area contributed by atoms with E-state index < -0.39 is 11.9 Å². The first-order valence-corrected chi connectivity index (χ1v) is 9.87. The Labute approximate surface area is 167 Å². The first-order valence-electron chi connectivity index (χ1n) is 8.99. The topological polar surface area (TPSA) is 83.3 Å². The number of ether oxygens (including phenoxy) is 3. The van der Waals surface area contributed by atoms with Crippen LogP contribution in [0.15, 0.2) is 40.8 Å². The molecule has 0 saturated heterocycles. The molecule has 0 N–H and O–H groups in total. The second-order valence-corrected chi connectivity index (χ2v) is 6.36. The maximum atomic E-state index is 12.6. The van der Waals surface area contributed by atoms with Crippen molar-refractivity contribution in [2.75, 3.05) is 19.8 Å². The number of carbonyl (C=O) groups excluding carboxylic acids is 3. The van der Waals surface area contributed by atoms with Gasteiger partial charge in [0, 0.05) is 6.20 Å². The molecule has 0 fully saturated rings. The number of pyridine rings is 1. The third-order valence-electron chi connectivity index (χ3n) is 3.62. The van der Waals surface area contributed by atoms with Crippen LogP contribution >= 0.6 is 11.8 Å². The van der Waals surface area contributed by atoms with E-state index in [2.05, 4.69) is 0 Å². The van der Waals surface area contributed by atoms with Gasteiger partial charge in [0.1, 0.15) is 5.69 Å². The predicted molar refractivity (Wildman–Crippen MR) is 106 cm³/mol. The van der Waals surface area contributed by atoms with E-state index in [1.54, 1.807) is 61.1 Å². The summed E-state index contributed by atoms with van der Waals surface area (Å²) < 4.78 is 16.9. The molecule has 150 valence electrons. The molecule has 7 nitrogen and oxygen atoms in total. The van der Waals surface area contributed by atoms with E-state index in [0.29, 0.717) is 17.0 Å². The summed E-state index contributed by atoms with van der Waals surface area (Å²) in [5.74, 6) is -1.42. The second-order valence-electron chi connectivity index (χ2n) is 5.45. The Kier molecular flexibility index (Phi) is 8.13. The Hall–Kier alpha value is -2.74. The molecule has 0 spiro atoms. The minimum absolute atomic E-state index is 0.0949. The SMILES string of the molecule is CCOC(=O)C/C=C/Sc1c(C(=O)OCC)c2ccccn2c1C(=O)OCC. The smallest absolute Gasteiger partial charge is 0.356 e. The highest BCUT2D eigenvalue weighted by Gasteiger charge is 2.28. The monoisotopic (exact) mass is 405 g/mol. The van der Waals surface area contributed by atoms with E-state index >= 15 is 0 Å². The van der Waals surface area contributed by atoms with Crippen LogP contribution in [0.2, 0.25) is 0 Å². The van der Waals surface area contributed by atoms with Crippen molar-refractivity contribution in [3.05, 3.63) is 47.1 Å². The molecule has 0 bridgehead atoms. The Morgan fingerprint density at radius 1 is 1.00 bits per heavy atom. The normalized spacial score (nSPS) is 11.0. The number of carbonyl (C=O) groups is 3. The van der Waals surface area contributed by atoms with Crippen molar-refractivity contribution < 1.29 is 28.6 Å². The number of hydrogen-bond donors (Lipinski definition) is 0. The van der Waals surface area contributed by atoms with Gasteiger partial charge in [0.25, 0.3) is 0 Å². The summed E-state index contributed by atoms with van der Waals surface area (Å²) in [7, 11) is 0. The van der Waals surface area contributed by atoms with Gasteiger partial charge in [0.15, 0.2) is 0 Å². The molecule has 2 rings (SSSR count). The van der Waals surface area contributed by atoms with Gasteiger partial charge >= 0.3 is 17.9 Å². The molecule has 0 saturated carbocycles. The lowest BCUT2D eigenvalue weighted by atomic mass is 10.2. The van der Waals surface area contributed by atoms with Crippen LogP contribution in [0, 0.1) is 0 Å². The average molecular weight is 405 g/mol. The molecule has 0 amide bonds. The number of rotatable bonds is 9. The molecule has 0 unspecified atom stereocenters. The molecule has 0 aromatic carbocycles. The van der Waals surface area contributed by atoms with Crippen molar-refractivity contribution in [1.29, 1.82) is 0 Å². The van der Waals surface area contributed by atoms with Gasteiger partial charge in [-0.05, 0) is 38.3 Å². The zero-order chi connectivity index (χ0) is 20.5. The molecule has 0 aliphatic heterocycles. The van der Waals surface area contributed by atoms with Crippen LogP contribution in [0.3, 0.4) is 0 Å². The lowest BCUT2D eigenvalue weighted by molar-refractivity contribution is -0.142. The van der Waals surface area contributed by atoms with Crippen molar-refractivity contribution in [2.24, 2.45) is 0 Å². The third kappa shape index (κ3) is 4.95. The van der Waals surface area contributed by atoms with Crippen molar-refractivity contribution in [1.82, 2.24) is 4.40 Å². The molecule has 0 radical (unpaired) electrons. The highest BCUT2D eigenvalue weighted by atomic mass is 32.2. The molecule has 0 aliphatic rings. The Balaban J connectivity index is 2.49. The fraction of sp³-hybridized carbons (Fsp3) is 0.350. The molecule has 0 atom stereocenters. The van der Waals surface area contributed by atoms with E-state index in [9.17, 15) is 14.4 Å². The number of nitrogens with zero attached hydrogens (tertiary/aromatic N) is 1. The average Bonchev–Trinajstić information content (AvgIpc) is 3.00. The summed E-state index contributed by atoms with van der Waals surface area (Å²) in [5.41, 5.74) is 1.08. The maximum absolute atomic E-state index is 12.6. The van der Waals surface area contributed by atoms with Gasteiger partial charge in [-0.15, -0.1) is 0 Å². The summed E-state index contributed by atoms with van der Waals surface area (Å²) >= 11 is 1.16. The molecule has 2 heterocycles. The summed E-state index contributed by atoms with van der Waals surface area (Å²) in [6, 6.07) is 5.27. The number of hydrogen-bond acceptors (Lipinski definition) is 7. The highest BCUT2D eigenvalue weighted by Crippen LogP contribution is 2.34. The van der Waals surface area contributed by atoms with Crippen molar-refractivity contribution in [3.8, 4) is 0 Å². The van der Waals surface area contributed by atoms with E-state index in [4.69, 9.17) is 14.2 Å². The Morgan fingerprint density at radius 2 is 1.68 bits per heavy atom. The maximum Gasteiger partial charge on any atom is 0.356 e. The molecule has 28 heavy (non-hydrogen) atoms. The van der Waals surface area contributed by atoms with Crippen LogP contribution in [-0.4, -0.2) is 42.1 Å². The van der Waals surface area contributed by atoms with E-state index in [-0.39, 0.29) is 36.9 Å². The summed E-state index contributed by atoms with van der Waals surface area (Å²) in [5, 5.41) is 1.65. The minimum atomic E-state index is -0.541. The lowest BCUT2D eigenvalue weighted by Gasteiger charge is -2.05.